The molecule has 2 fully saturated rings. The molecule has 2 N–H and O–H groups in total. The summed E-state index contributed by atoms with van der Waals surface area (Å²) in [7, 11) is 0. The van der Waals surface area contributed by atoms with E-state index in [1.165, 1.54) is 0 Å². The Morgan fingerprint density at radius 2 is 1.96 bits per heavy atom. The van der Waals surface area contributed by atoms with Gasteiger partial charge in [-0.25, -0.2) is 4.79 Å². The highest BCUT2D eigenvalue weighted by Crippen LogP contribution is 2.20. The number of rotatable bonds is 2. The minimum atomic E-state index is -0.477. The lowest BCUT2D eigenvalue weighted by atomic mass is 10.0. The van der Waals surface area contributed by atoms with Crippen molar-refractivity contribution >= 4 is 12.1 Å². The standard InChI is InChI=1S/C16H30N4O3/c1-16(2,3)23-15(21)20-7-5-4-6-13(20)12-18-14(17)19-8-10-22-11-9-19/h13H,4-12H2,1-3H3,(H2,17,18). The largest absolute Gasteiger partial charge is 0.444 e. The first-order chi connectivity index (χ1) is 10.9. The number of carbonyl (C=O) groups is 1. The quantitative estimate of drug-likeness (QED) is 0.613. The number of morpholine rings is 1. The van der Waals surface area contributed by atoms with Crippen molar-refractivity contribution in [1.29, 1.82) is 0 Å². The third kappa shape index (κ3) is 5.57. The third-order valence-corrected chi connectivity index (χ3v) is 4.05. The molecular formula is C16H30N4O3. The first-order valence-corrected chi connectivity index (χ1v) is 8.49. The predicted octanol–water partition coefficient (Wildman–Crippen LogP) is 1.42. The van der Waals surface area contributed by atoms with Gasteiger partial charge in [0.2, 0.25) is 0 Å². The molecule has 2 aliphatic rings. The molecule has 23 heavy (non-hydrogen) atoms. The number of hydrogen-bond donors (Lipinski definition) is 1. The van der Waals surface area contributed by atoms with Gasteiger partial charge in [0.15, 0.2) is 5.96 Å². The van der Waals surface area contributed by atoms with Gasteiger partial charge in [0, 0.05) is 19.6 Å². The zero-order valence-electron chi connectivity index (χ0n) is 14.6. The van der Waals surface area contributed by atoms with Gasteiger partial charge in [-0.1, -0.05) is 0 Å². The SMILES string of the molecule is CC(C)(C)OC(=O)N1CCCCC1CN=C(N)N1CCOCC1. The Labute approximate surface area is 138 Å². The van der Waals surface area contributed by atoms with Crippen LogP contribution in [-0.4, -0.2) is 72.9 Å². The minimum Gasteiger partial charge on any atom is -0.444 e. The molecule has 7 nitrogen and oxygen atoms in total. The van der Waals surface area contributed by atoms with E-state index in [9.17, 15) is 4.79 Å². The van der Waals surface area contributed by atoms with Crippen LogP contribution in [0.2, 0.25) is 0 Å². The molecule has 2 rings (SSSR count). The lowest BCUT2D eigenvalue weighted by molar-refractivity contribution is 0.0109. The summed E-state index contributed by atoms with van der Waals surface area (Å²) < 4.78 is 10.8. The summed E-state index contributed by atoms with van der Waals surface area (Å²) in [6.45, 7) is 9.84. The Bertz CT molecular complexity index is 428. The minimum absolute atomic E-state index is 0.0678. The second-order valence-electron chi connectivity index (χ2n) is 7.12. The fraction of sp³-hybridized carbons (Fsp3) is 0.875. The highest BCUT2D eigenvalue weighted by Gasteiger charge is 2.30. The van der Waals surface area contributed by atoms with Crippen LogP contribution in [0.25, 0.3) is 0 Å². The number of carbonyl (C=O) groups excluding carboxylic acids is 1. The van der Waals surface area contributed by atoms with Crippen molar-refractivity contribution in [3.63, 3.8) is 0 Å². The molecule has 0 aromatic rings. The molecule has 2 saturated heterocycles. The van der Waals surface area contributed by atoms with Crippen molar-refractivity contribution in [3.05, 3.63) is 0 Å². The van der Waals surface area contributed by atoms with Crippen molar-refractivity contribution in [2.24, 2.45) is 10.7 Å². The van der Waals surface area contributed by atoms with E-state index in [1.807, 2.05) is 30.6 Å². The summed E-state index contributed by atoms with van der Waals surface area (Å²) in [4.78, 5) is 20.7. The Balaban J connectivity index is 1.93. The van der Waals surface area contributed by atoms with Crippen LogP contribution in [0.3, 0.4) is 0 Å². The van der Waals surface area contributed by atoms with Crippen molar-refractivity contribution < 1.29 is 14.3 Å². The molecule has 2 aliphatic heterocycles. The van der Waals surface area contributed by atoms with E-state index in [1.54, 1.807) is 0 Å². The molecule has 2 heterocycles. The molecule has 0 aromatic carbocycles. The molecule has 0 spiro atoms. The van der Waals surface area contributed by atoms with Crippen LogP contribution in [0.15, 0.2) is 4.99 Å². The number of nitrogens with zero attached hydrogens (tertiary/aromatic N) is 3. The van der Waals surface area contributed by atoms with Crippen molar-refractivity contribution in [2.45, 2.75) is 51.7 Å². The maximum absolute atomic E-state index is 12.4. The summed E-state index contributed by atoms with van der Waals surface area (Å²) >= 11 is 0. The van der Waals surface area contributed by atoms with Crippen molar-refractivity contribution in [1.82, 2.24) is 9.80 Å². The van der Waals surface area contributed by atoms with Crippen LogP contribution < -0.4 is 5.73 Å². The summed E-state index contributed by atoms with van der Waals surface area (Å²) in [5.41, 5.74) is 5.60. The van der Waals surface area contributed by atoms with Crippen LogP contribution in [0, 0.1) is 0 Å². The van der Waals surface area contributed by atoms with Gasteiger partial charge in [0.1, 0.15) is 5.60 Å². The average Bonchev–Trinajstić information content (AvgIpc) is 2.52. The molecule has 1 unspecified atom stereocenters. The van der Waals surface area contributed by atoms with Gasteiger partial charge in [0.25, 0.3) is 0 Å². The molecule has 132 valence electrons. The Hall–Kier alpha value is -1.50. The van der Waals surface area contributed by atoms with E-state index in [0.717, 1.165) is 38.9 Å². The summed E-state index contributed by atoms with van der Waals surface area (Å²) in [5, 5.41) is 0. The smallest absolute Gasteiger partial charge is 0.410 e. The number of guanidine groups is 1. The Kier molecular flexibility index (Phi) is 6.10. The van der Waals surface area contributed by atoms with Crippen LogP contribution in [0.5, 0.6) is 0 Å². The van der Waals surface area contributed by atoms with Gasteiger partial charge >= 0.3 is 6.09 Å². The van der Waals surface area contributed by atoms with Gasteiger partial charge < -0.3 is 25.0 Å². The normalized spacial score (nSPS) is 23.8. The number of nitrogens with two attached hydrogens (primary N) is 1. The van der Waals surface area contributed by atoms with E-state index in [2.05, 4.69) is 4.99 Å². The molecular weight excluding hydrogens is 296 g/mol. The Morgan fingerprint density at radius 1 is 1.26 bits per heavy atom. The zero-order valence-corrected chi connectivity index (χ0v) is 14.6. The number of amides is 1. The Morgan fingerprint density at radius 3 is 2.61 bits per heavy atom. The molecule has 0 radical (unpaired) electrons. The van der Waals surface area contributed by atoms with Gasteiger partial charge in [-0.15, -0.1) is 0 Å². The monoisotopic (exact) mass is 326 g/mol. The number of aliphatic imine (C=N–C) groups is 1. The lowest BCUT2D eigenvalue weighted by Gasteiger charge is -2.36. The number of ether oxygens (including phenoxy) is 2. The topological polar surface area (TPSA) is 80.4 Å². The van der Waals surface area contributed by atoms with Crippen LogP contribution in [0.1, 0.15) is 40.0 Å². The number of piperidine rings is 1. The first kappa shape index (κ1) is 17.8. The fourth-order valence-corrected chi connectivity index (χ4v) is 2.84. The average molecular weight is 326 g/mol. The molecule has 1 atom stereocenters. The highest BCUT2D eigenvalue weighted by molar-refractivity contribution is 5.78. The maximum atomic E-state index is 12.4. The second-order valence-corrected chi connectivity index (χ2v) is 7.12. The highest BCUT2D eigenvalue weighted by atomic mass is 16.6. The van der Waals surface area contributed by atoms with E-state index in [-0.39, 0.29) is 12.1 Å². The molecule has 0 aliphatic carbocycles. The second kappa shape index (κ2) is 7.86. The van der Waals surface area contributed by atoms with Crippen molar-refractivity contribution in [2.75, 3.05) is 39.4 Å². The molecule has 1 amide bonds. The first-order valence-electron chi connectivity index (χ1n) is 8.49. The molecule has 0 aromatic heterocycles. The van der Waals surface area contributed by atoms with E-state index in [4.69, 9.17) is 15.2 Å². The summed E-state index contributed by atoms with van der Waals surface area (Å²) in [5.74, 6) is 0.544. The van der Waals surface area contributed by atoms with Gasteiger partial charge in [0.05, 0.1) is 25.8 Å². The van der Waals surface area contributed by atoms with Crippen LogP contribution in [0.4, 0.5) is 4.79 Å². The van der Waals surface area contributed by atoms with E-state index in [0.29, 0.717) is 25.7 Å². The van der Waals surface area contributed by atoms with Gasteiger partial charge in [-0.3, -0.25) is 4.99 Å². The molecule has 7 heteroatoms. The van der Waals surface area contributed by atoms with Crippen molar-refractivity contribution in [3.8, 4) is 0 Å². The lowest BCUT2D eigenvalue weighted by Crippen LogP contribution is -2.49. The number of likely N-dealkylation sites (tertiary alicyclic amines) is 1. The van der Waals surface area contributed by atoms with Gasteiger partial charge in [-0.05, 0) is 40.0 Å². The fourth-order valence-electron chi connectivity index (χ4n) is 2.84. The van der Waals surface area contributed by atoms with E-state index < -0.39 is 5.60 Å². The van der Waals surface area contributed by atoms with E-state index >= 15 is 0 Å². The van der Waals surface area contributed by atoms with Crippen LogP contribution >= 0.6 is 0 Å². The molecule has 0 saturated carbocycles. The summed E-state index contributed by atoms with van der Waals surface area (Å²) in [6.07, 6.45) is 2.82. The predicted molar refractivity (Wildman–Crippen MR) is 89.5 cm³/mol. The summed E-state index contributed by atoms with van der Waals surface area (Å²) in [6, 6.07) is 0.0678. The van der Waals surface area contributed by atoms with Gasteiger partial charge in [-0.2, -0.15) is 0 Å². The maximum Gasteiger partial charge on any atom is 0.410 e. The third-order valence-electron chi connectivity index (χ3n) is 4.05. The number of hydrogen-bond acceptors (Lipinski definition) is 4. The van der Waals surface area contributed by atoms with Crippen LogP contribution in [-0.2, 0) is 9.47 Å². The molecule has 0 bridgehead atoms. The zero-order chi connectivity index (χ0) is 16.9.